The number of aromatic nitrogens is 2. The molecule has 1 N–H and O–H groups in total. The quantitative estimate of drug-likeness (QED) is 0.184. The molecular weight excluding hydrogens is 546 g/mol. The number of carbonyl (C=O) groups excluding carboxylic acids is 2. The van der Waals surface area contributed by atoms with Gasteiger partial charge in [-0.25, -0.2) is 0 Å². The van der Waals surface area contributed by atoms with Crippen molar-refractivity contribution < 1.29 is 14.3 Å². The Balaban J connectivity index is 0.000000222. The van der Waals surface area contributed by atoms with Gasteiger partial charge in [0.2, 0.25) is 0 Å². The molecule has 1 fully saturated rings. The van der Waals surface area contributed by atoms with Crippen LogP contribution in [-0.2, 0) is 4.79 Å². The van der Waals surface area contributed by atoms with E-state index in [2.05, 4.69) is 42.9 Å². The summed E-state index contributed by atoms with van der Waals surface area (Å²) in [6, 6.07) is 23.5. The molecule has 6 heteroatoms. The second-order valence-corrected chi connectivity index (χ2v) is 11.8. The third-order valence-corrected chi connectivity index (χ3v) is 7.32. The summed E-state index contributed by atoms with van der Waals surface area (Å²) in [7, 11) is 3.86. The van der Waals surface area contributed by atoms with Crippen LogP contribution in [0.5, 0.6) is 5.75 Å². The molecule has 44 heavy (non-hydrogen) atoms. The second kappa shape index (κ2) is 19.5. The normalized spacial score (nSPS) is 12.0. The summed E-state index contributed by atoms with van der Waals surface area (Å²) in [4.78, 5) is 24.7. The third-order valence-electron chi connectivity index (χ3n) is 7.32. The van der Waals surface area contributed by atoms with Gasteiger partial charge in [0.15, 0.2) is 5.78 Å². The van der Waals surface area contributed by atoms with Crippen LogP contribution >= 0.6 is 0 Å². The lowest BCUT2D eigenvalue weighted by atomic mass is 10.0. The molecule has 1 heterocycles. The number of rotatable bonds is 10. The zero-order chi connectivity index (χ0) is 32.5. The number of ether oxygens (including phenoxy) is 1. The van der Waals surface area contributed by atoms with Gasteiger partial charge >= 0.3 is 0 Å². The minimum atomic E-state index is 0.0664. The first-order chi connectivity index (χ1) is 21.1. The molecule has 4 aromatic rings. The van der Waals surface area contributed by atoms with E-state index in [-0.39, 0.29) is 11.7 Å². The maximum Gasteiger partial charge on any atom is 0.159 e. The second-order valence-electron chi connectivity index (χ2n) is 11.8. The summed E-state index contributed by atoms with van der Waals surface area (Å²) >= 11 is 0. The first-order valence-electron chi connectivity index (χ1n) is 16.0. The smallest absolute Gasteiger partial charge is 0.159 e. The van der Waals surface area contributed by atoms with Crippen LogP contribution in [0, 0.1) is 18.8 Å². The standard InChI is InChI=1S/C15H12N2O.C8H19N.C8H10O.C7H12O/c1-10(18)11-5-4-6-12(9-11)15-13-7-2-3-8-14(13)16-17-15;1-4-6-8-9(3)7-5-2;1-7-3-5-8(9-2)6-4-7;1-5(2)7(8)6-3-4-6/h2-9H,1H3,(H,16,17);4-8H2,1-3H3;3-6H,1-2H3;5-6H,3-4H2,1-2H3. The largest absolute Gasteiger partial charge is 0.497 e. The van der Waals surface area contributed by atoms with Crippen molar-refractivity contribution in [2.45, 2.75) is 73.6 Å². The van der Waals surface area contributed by atoms with Gasteiger partial charge in [0.25, 0.3) is 0 Å². The van der Waals surface area contributed by atoms with Gasteiger partial charge in [-0.1, -0.05) is 88.2 Å². The monoisotopic (exact) mass is 599 g/mol. The van der Waals surface area contributed by atoms with Gasteiger partial charge in [0, 0.05) is 28.3 Å². The van der Waals surface area contributed by atoms with Gasteiger partial charge in [-0.2, -0.15) is 5.10 Å². The van der Waals surface area contributed by atoms with E-state index >= 15 is 0 Å². The highest BCUT2D eigenvalue weighted by molar-refractivity contribution is 5.97. The van der Waals surface area contributed by atoms with Crippen LogP contribution in [0.25, 0.3) is 22.2 Å². The number of aryl methyl sites for hydroxylation is 1. The van der Waals surface area contributed by atoms with Gasteiger partial charge in [-0.05, 0) is 83.9 Å². The van der Waals surface area contributed by atoms with Gasteiger partial charge in [0.1, 0.15) is 11.5 Å². The first-order valence-corrected chi connectivity index (χ1v) is 16.0. The summed E-state index contributed by atoms with van der Waals surface area (Å²) in [5.41, 5.74) is 4.81. The van der Waals surface area contributed by atoms with E-state index in [9.17, 15) is 9.59 Å². The molecule has 6 nitrogen and oxygen atoms in total. The highest BCUT2D eigenvalue weighted by Crippen LogP contribution is 2.32. The van der Waals surface area contributed by atoms with E-state index in [1.54, 1.807) is 14.0 Å². The summed E-state index contributed by atoms with van der Waals surface area (Å²) in [6.45, 7) is 14.6. The number of ketones is 2. The molecule has 1 aliphatic rings. The number of methoxy groups -OCH3 is 1. The van der Waals surface area contributed by atoms with Crippen LogP contribution in [0.15, 0.2) is 72.8 Å². The van der Waals surface area contributed by atoms with E-state index in [0.29, 0.717) is 17.3 Å². The zero-order valence-corrected chi connectivity index (χ0v) is 28.2. The number of nitrogens with zero attached hydrogens (tertiary/aromatic N) is 2. The molecule has 1 aliphatic carbocycles. The number of nitrogens with one attached hydrogen (secondary N) is 1. The highest BCUT2D eigenvalue weighted by atomic mass is 16.5. The molecule has 0 atom stereocenters. The number of hydrogen-bond donors (Lipinski definition) is 1. The number of unbranched alkanes of at least 4 members (excludes halogenated alkanes) is 1. The van der Waals surface area contributed by atoms with Crippen molar-refractivity contribution >= 4 is 22.5 Å². The Hall–Kier alpha value is -3.77. The number of para-hydroxylation sites is 1. The maximum absolute atomic E-state index is 11.4. The molecule has 1 aromatic heterocycles. The van der Waals surface area contributed by atoms with E-state index < -0.39 is 0 Å². The Kier molecular flexibility index (Phi) is 16.1. The Bertz CT molecular complexity index is 1400. The Labute approximate surface area is 265 Å². The number of aromatic amines is 1. The lowest BCUT2D eigenvalue weighted by Crippen LogP contribution is -2.19. The van der Waals surface area contributed by atoms with Crippen molar-refractivity contribution in [1.29, 1.82) is 0 Å². The molecule has 0 saturated heterocycles. The molecule has 3 aromatic carbocycles. The van der Waals surface area contributed by atoms with E-state index in [4.69, 9.17) is 4.74 Å². The minimum Gasteiger partial charge on any atom is -0.497 e. The molecular formula is C38H53N3O3. The summed E-state index contributed by atoms with van der Waals surface area (Å²) in [6.07, 6.45) is 6.23. The maximum atomic E-state index is 11.4. The van der Waals surface area contributed by atoms with Crippen LogP contribution in [-0.4, -0.2) is 53.9 Å². The molecule has 0 aliphatic heterocycles. The van der Waals surface area contributed by atoms with Crippen LogP contribution in [0.2, 0.25) is 0 Å². The van der Waals surface area contributed by atoms with E-state index in [1.807, 2.05) is 86.6 Å². The minimum absolute atomic E-state index is 0.0664. The van der Waals surface area contributed by atoms with Crippen LogP contribution in [0.1, 0.15) is 82.6 Å². The molecule has 0 bridgehead atoms. The fraction of sp³-hybridized carbons (Fsp3) is 0.447. The third kappa shape index (κ3) is 12.8. The van der Waals surface area contributed by atoms with E-state index in [1.165, 1.54) is 37.9 Å². The molecule has 0 spiro atoms. The Morgan fingerprint density at radius 3 is 2.18 bits per heavy atom. The average Bonchev–Trinajstić information content (AvgIpc) is 3.79. The summed E-state index contributed by atoms with van der Waals surface area (Å²) in [5, 5.41) is 8.40. The first kappa shape index (κ1) is 36.4. The van der Waals surface area contributed by atoms with Crippen molar-refractivity contribution in [3.05, 3.63) is 83.9 Å². The van der Waals surface area contributed by atoms with Crippen molar-refractivity contribution in [3.63, 3.8) is 0 Å². The van der Waals surface area contributed by atoms with Gasteiger partial charge in [-0.15, -0.1) is 0 Å². The number of benzene rings is 3. The lowest BCUT2D eigenvalue weighted by Gasteiger charge is -2.13. The van der Waals surface area contributed by atoms with Crippen molar-refractivity contribution in [3.8, 4) is 17.0 Å². The van der Waals surface area contributed by atoms with Gasteiger partial charge < -0.3 is 9.64 Å². The topological polar surface area (TPSA) is 75.3 Å². The van der Waals surface area contributed by atoms with Crippen LogP contribution in [0.4, 0.5) is 0 Å². The number of carbonyl (C=O) groups is 2. The summed E-state index contributed by atoms with van der Waals surface area (Å²) < 4.78 is 4.97. The predicted molar refractivity (Wildman–Crippen MR) is 185 cm³/mol. The molecule has 0 amide bonds. The summed E-state index contributed by atoms with van der Waals surface area (Å²) in [5.74, 6) is 2.17. The lowest BCUT2D eigenvalue weighted by molar-refractivity contribution is -0.123. The highest BCUT2D eigenvalue weighted by Gasteiger charge is 2.30. The van der Waals surface area contributed by atoms with Crippen LogP contribution in [0.3, 0.4) is 0 Å². The van der Waals surface area contributed by atoms with Gasteiger partial charge in [0.05, 0.1) is 18.3 Å². The molecule has 0 radical (unpaired) electrons. The average molecular weight is 600 g/mol. The SMILES string of the molecule is CC(=O)c1cccc(-c2n[nH]c3ccccc23)c1.CC(C)C(=O)C1CC1.CCCCN(C)CCC.COc1ccc(C)cc1. The molecule has 1 saturated carbocycles. The molecule has 0 unspecified atom stereocenters. The Morgan fingerprint density at radius 1 is 0.955 bits per heavy atom. The number of Topliss-reactive ketones (excluding diaryl/α,β-unsaturated/α-hetero) is 2. The Morgan fingerprint density at radius 2 is 1.64 bits per heavy atom. The number of H-pyrrole nitrogens is 1. The molecule has 5 rings (SSSR count). The molecule has 238 valence electrons. The van der Waals surface area contributed by atoms with E-state index in [0.717, 1.165) is 40.8 Å². The van der Waals surface area contributed by atoms with Crippen molar-refractivity contribution in [1.82, 2.24) is 15.1 Å². The number of fused-ring (bicyclic) bond motifs is 1. The number of hydrogen-bond acceptors (Lipinski definition) is 5. The van der Waals surface area contributed by atoms with Gasteiger partial charge in [-0.3, -0.25) is 14.7 Å². The fourth-order valence-electron chi connectivity index (χ4n) is 4.50. The van der Waals surface area contributed by atoms with Crippen molar-refractivity contribution in [2.24, 2.45) is 11.8 Å². The fourth-order valence-corrected chi connectivity index (χ4v) is 4.50. The zero-order valence-electron chi connectivity index (χ0n) is 28.2. The predicted octanol–water partition coefficient (Wildman–Crippen LogP) is 9.19. The van der Waals surface area contributed by atoms with Crippen LogP contribution < -0.4 is 4.74 Å². The van der Waals surface area contributed by atoms with Crippen molar-refractivity contribution in [2.75, 3.05) is 27.2 Å².